The lowest BCUT2D eigenvalue weighted by Gasteiger charge is -2.28. The maximum Gasteiger partial charge on any atom is 0.197 e. The number of ketones is 2. The fourth-order valence-corrected chi connectivity index (χ4v) is 7.63. The average molecular weight is 552 g/mol. The number of anilines is 3. The molecule has 4 heteroatoms. The van der Waals surface area contributed by atoms with Crippen LogP contribution in [0.2, 0.25) is 0 Å². The van der Waals surface area contributed by atoms with Crippen LogP contribution >= 0.6 is 11.3 Å². The first kappa shape index (κ1) is 25.4. The highest BCUT2D eigenvalue weighted by Gasteiger charge is 2.39. The van der Waals surface area contributed by atoms with Gasteiger partial charge in [-0.1, -0.05) is 68.4 Å². The van der Waals surface area contributed by atoms with Crippen LogP contribution < -0.4 is 4.90 Å². The number of thiophene rings is 1. The van der Waals surface area contributed by atoms with E-state index in [9.17, 15) is 9.59 Å². The van der Waals surface area contributed by atoms with Crippen LogP contribution in [0.1, 0.15) is 61.7 Å². The van der Waals surface area contributed by atoms with Crippen molar-refractivity contribution in [2.45, 2.75) is 33.1 Å². The molecule has 2 aliphatic carbocycles. The van der Waals surface area contributed by atoms with Crippen LogP contribution in [0, 0.1) is 13.8 Å². The number of fused-ring (bicyclic) bond motifs is 4. The van der Waals surface area contributed by atoms with E-state index in [-0.39, 0.29) is 22.6 Å². The number of carbonyl (C=O) groups excluding carboxylic acids is 2. The van der Waals surface area contributed by atoms with Crippen LogP contribution in [-0.2, 0) is 5.41 Å². The lowest BCUT2D eigenvalue weighted by atomic mass is 9.82. The number of carbonyl (C=O) groups is 2. The first-order chi connectivity index (χ1) is 19.7. The third kappa shape index (κ3) is 4.01. The summed E-state index contributed by atoms with van der Waals surface area (Å²) >= 11 is 1.65. The maximum absolute atomic E-state index is 13.0. The van der Waals surface area contributed by atoms with Gasteiger partial charge in [0.05, 0.1) is 5.57 Å². The minimum Gasteiger partial charge on any atom is -0.310 e. The van der Waals surface area contributed by atoms with Crippen molar-refractivity contribution in [1.82, 2.24) is 0 Å². The predicted octanol–water partition coefficient (Wildman–Crippen LogP) is 9.60. The molecule has 2 aliphatic rings. The summed E-state index contributed by atoms with van der Waals surface area (Å²) in [5.74, 6) is -0.369. The summed E-state index contributed by atoms with van der Waals surface area (Å²) in [4.78, 5) is 30.5. The van der Waals surface area contributed by atoms with E-state index in [4.69, 9.17) is 0 Å². The molecular weight excluding hydrogens is 522 g/mol. The zero-order valence-electron chi connectivity index (χ0n) is 23.5. The number of nitrogens with zero attached hydrogens (tertiary/aromatic N) is 1. The number of rotatable bonds is 4. The largest absolute Gasteiger partial charge is 0.310 e. The Bertz CT molecular complexity index is 1870. The van der Waals surface area contributed by atoms with Crippen molar-refractivity contribution in [1.29, 1.82) is 0 Å². The van der Waals surface area contributed by atoms with Crippen LogP contribution in [0.25, 0.3) is 16.5 Å². The Morgan fingerprint density at radius 2 is 1.27 bits per heavy atom. The fraction of sp³-hybridized carbons (Fsp3) is 0.135. The third-order valence-corrected chi connectivity index (χ3v) is 9.39. The summed E-state index contributed by atoms with van der Waals surface area (Å²) in [6.45, 7) is 8.80. The summed E-state index contributed by atoms with van der Waals surface area (Å²) in [7, 11) is 0. The molecule has 3 nitrogen and oxygen atoms in total. The Balaban J connectivity index is 1.31. The molecule has 0 N–H and O–H groups in total. The van der Waals surface area contributed by atoms with Crippen molar-refractivity contribution in [3.05, 3.63) is 141 Å². The van der Waals surface area contributed by atoms with Gasteiger partial charge in [0.2, 0.25) is 0 Å². The highest BCUT2D eigenvalue weighted by Crippen LogP contribution is 2.54. The van der Waals surface area contributed by atoms with Crippen molar-refractivity contribution in [2.75, 3.05) is 4.90 Å². The third-order valence-electron chi connectivity index (χ3n) is 8.28. The number of allylic oxidation sites excluding steroid dienone is 1. The number of aryl methyl sites for hydroxylation is 2. The minimum absolute atomic E-state index is 0.184. The Labute approximate surface area is 244 Å². The average Bonchev–Trinajstić information content (AvgIpc) is 3.55. The van der Waals surface area contributed by atoms with Gasteiger partial charge in [-0.15, -0.1) is 11.3 Å². The Morgan fingerprint density at radius 3 is 1.93 bits per heavy atom. The molecule has 0 fully saturated rings. The minimum atomic E-state index is -0.231. The highest BCUT2D eigenvalue weighted by atomic mass is 32.1. The molecule has 0 spiro atoms. The molecule has 1 aromatic heterocycles. The second-order valence-electron chi connectivity index (χ2n) is 11.5. The van der Waals surface area contributed by atoms with Crippen LogP contribution in [0.4, 0.5) is 17.1 Å². The second-order valence-corrected chi connectivity index (χ2v) is 12.6. The molecule has 41 heavy (non-hydrogen) atoms. The summed E-state index contributed by atoms with van der Waals surface area (Å²) in [6.07, 6.45) is 1.79. The van der Waals surface area contributed by atoms with Crippen LogP contribution in [0.3, 0.4) is 0 Å². The molecule has 0 radical (unpaired) electrons. The number of Topliss-reactive ketones (excluding diaryl/α,β-unsaturated/α-hetero) is 2. The van der Waals surface area contributed by atoms with Gasteiger partial charge >= 0.3 is 0 Å². The van der Waals surface area contributed by atoms with Gasteiger partial charge in [0.15, 0.2) is 11.6 Å². The van der Waals surface area contributed by atoms with Gasteiger partial charge in [-0.3, -0.25) is 9.59 Å². The normalized spacial score (nSPS) is 14.6. The number of benzene rings is 4. The molecule has 0 amide bonds. The standard InChI is InChI=1S/C37H29NO2S/c1-22-16-23(2)18-26(17-22)38(24-10-6-5-7-11-24)25-14-15-30-32(19-25)37(3,4)33-21-27(41-36(30)33)20-31-34(39)28-12-8-9-13-29(28)35(31)40/h5-21H,1-4H3. The number of hydrogen-bond acceptors (Lipinski definition) is 4. The van der Waals surface area contributed by atoms with Gasteiger partial charge in [0.1, 0.15) is 0 Å². The fourth-order valence-electron chi connectivity index (χ4n) is 6.33. The summed E-state index contributed by atoms with van der Waals surface area (Å²) < 4.78 is 0. The molecule has 7 rings (SSSR count). The highest BCUT2D eigenvalue weighted by molar-refractivity contribution is 7.16. The molecule has 4 aromatic carbocycles. The lowest BCUT2D eigenvalue weighted by Crippen LogP contribution is -2.16. The molecule has 0 unspecified atom stereocenters. The summed E-state index contributed by atoms with van der Waals surface area (Å²) in [5.41, 5.74) is 10.6. The van der Waals surface area contributed by atoms with Gasteiger partial charge in [0.25, 0.3) is 0 Å². The predicted molar refractivity (Wildman–Crippen MR) is 169 cm³/mol. The second kappa shape index (κ2) is 9.25. The monoisotopic (exact) mass is 551 g/mol. The quantitative estimate of drug-likeness (QED) is 0.165. The van der Waals surface area contributed by atoms with Gasteiger partial charge in [-0.25, -0.2) is 0 Å². The van der Waals surface area contributed by atoms with Crippen molar-refractivity contribution in [2.24, 2.45) is 0 Å². The van der Waals surface area contributed by atoms with Crippen LogP contribution in [0.5, 0.6) is 0 Å². The molecule has 5 aromatic rings. The van der Waals surface area contributed by atoms with Crippen LogP contribution in [0.15, 0.2) is 103 Å². The Kier molecular flexibility index (Phi) is 5.74. The van der Waals surface area contributed by atoms with E-state index in [2.05, 4.69) is 99.3 Å². The zero-order chi connectivity index (χ0) is 28.5. The molecule has 0 saturated heterocycles. The SMILES string of the molecule is Cc1cc(C)cc(N(c2ccccc2)c2ccc3c(c2)C(C)(C)c2cc(C=C4C(=O)c5ccccc5C4=O)sc2-3)c1. The van der Waals surface area contributed by atoms with Crippen molar-refractivity contribution >= 4 is 46.0 Å². The van der Waals surface area contributed by atoms with E-state index >= 15 is 0 Å². The number of hydrogen-bond donors (Lipinski definition) is 0. The first-order valence-corrected chi connectivity index (χ1v) is 14.7. The van der Waals surface area contributed by atoms with Crippen molar-refractivity contribution in [3.8, 4) is 10.4 Å². The summed E-state index contributed by atoms with van der Waals surface area (Å²) in [5, 5.41) is 0. The molecule has 200 valence electrons. The molecule has 0 bridgehead atoms. The molecule has 1 heterocycles. The Hall–Kier alpha value is -4.54. The van der Waals surface area contributed by atoms with E-state index in [1.54, 1.807) is 41.7 Å². The molecule has 0 aliphatic heterocycles. The maximum atomic E-state index is 13.0. The van der Waals surface area contributed by atoms with E-state index in [0.717, 1.165) is 21.9 Å². The van der Waals surface area contributed by atoms with Crippen LogP contribution in [-0.4, -0.2) is 11.6 Å². The van der Waals surface area contributed by atoms with Crippen molar-refractivity contribution in [3.63, 3.8) is 0 Å². The molecule has 0 atom stereocenters. The summed E-state index contributed by atoms with van der Waals surface area (Å²) in [6, 6.07) is 33.2. The first-order valence-electron chi connectivity index (χ1n) is 13.9. The Morgan fingerprint density at radius 1 is 0.634 bits per heavy atom. The van der Waals surface area contributed by atoms with E-state index in [1.165, 1.54) is 32.7 Å². The van der Waals surface area contributed by atoms with Gasteiger partial charge in [0, 0.05) is 43.4 Å². The van der Waals surface area contributed by atoms with Gasteiger partial charge in [-0.2, -0.15) is 0 Å². The van der Waals surface area contributed by atoms with Gasteiger partial charge < -0.3 is 4.90 Å². The topological polar surface area (TPSA) is 37.4 Å². The van der Waals surface area contributed by atoms with E-state index < -0.39 is 0 Å². The number of para-hydroxylation sites is 1. The zero-order valence-corrected chi connectivity index (χ0v) is 24.3. The van der Waals surface area contributed by atoms with Crippen molar-refractivity contribution < 1.29 is 9.59 Å². The molecular formula is C37H29NO2S. The van der Waals surface area contributed by atoms with Gasteiger partial charge in [-0.05, 0) is 90.2 Å². The lowest BCUT2D eigenvalue weighted by molar-refractivity contribution is 0.0990. The van der Waals surface area contributed by atoms with E-state index in [1.807, 2.05) is 6.07 Å². The smallest absolute Gasteiger partial charge is 0.197 e. The van der Waals surface area contributed by atoms with E-state index in [0.29, 0.717) is 11.1 Å². The molecule has 0 saturated carbocycles.